The Bertz CT molecular complexity index is 613. The number of rotatable bonds is 7. The van der Waals surface area contributed by atoms with E-state index >= 15 is 0 Å². The van der Waals surface area contributed by atoms with Crippen LogP contribution in [0.25, 0.3) is 0 Å². The van der Waals surface area contributed by atoms with Crippen LogP contribution in [0.4, 0.5) is 0 Å². The van der Waals surface area contributed by atoms with E-state index in [1.54, 1.807) is 25.1 Å². The van der Waals surface area contributed by atoms with Crippen molar-refractivity contribution >= 4 is 16.0 Å². The molecular weight excluding hydrogens is 298 g/mol. The minimum Gasteiger partial charge on any atom is -0.493 e. The van der Waals surface area contributed by atoms with Crippen LogP contribution in [0.1, 0.15) is 25.5 Å². The number of methoxy groups -OCH3 is 2. The highest BCUT2D eigenvalue weighted by Gasteiger charge is 2.29. The molecule has 8 heteroatoms. The number of hydrogen-bond acceptors (Lipinski definition) is 5. The lowest BCUT2D eigenvalue weighted by atomic mass is 10.1. The lowest BCUT2D eigenvalue weighted by molar-refractivity contribution is -0.136. The molecule has 7 nitrogen and oxygen atoms in total. The van der Waals surface area contributed by atoms with Gasteiger partial charge in [-0.1, -0.05) is 6.07 Å². The number of nitrogens with one attached hydrogen (secondary N) is 1. The predicted octanol–water partition coefficient (Wildman–Crippen LogP) is 1.16. The van der Waals surface area contributed by atoms with Gasteiger partial charge in [0.05, 0.1) is 14.2 Å². The first kappa shape index (κ1) is 17.3. The maximum atomic E-state index is 11.9. The molecule has 2 atom stereocenters. The summed E-state index contributed by atoms with van der Waals surface area (Å²) >= 11 is 0. The van der Waals surface area contributed by atoms with E-state index in [4.69, 9.17) is 14.6 Å². The van der Waals surface area contributed by atoms with Crippen LogP contribution in [0.2, 0.25) is 0 Å². The smallest absolute Gasteiger partial charge is 0.323 e. The Balaban J connectivity index is 2.99. The van der Waals surface area contributed by atoms with E-state index in [9.17, 15) is 13.2 Å². The Hall–Kier alpha value is -1.80. The van der Waals surface area contributed by atoms with Gasteiger partial charge in [-0.25, -0.2) is 13.1 Å². The van der Waals surface area contributed by atoms with Crippen molar-refractivity contribution in [2.24, 2.45) is 0 Å². The SMILES string of the molecule is COc1ccc(C(C)NS(=O)(=O)C(C)C(=O)O)cc1OC. The van der Waals surface area contributed by atoms with Gasteiger partial charge in [-0.2, -0.15) is 0 Å². The fraction of sp³-hybridized carbons (Fsp3) is 0.462. The third kappa shape index (κ3) is 4.08. The third-order valence-electron chi connectivity index (χ3n) is 3.06. The van der Waals surface area contributed by atoms with E-state index in [1.165, 1.54) is 14.2 Å². The van der Waals surface area contributed by atoms with E-state index in [0.717, 1.165) is 6.92 Å². The topological polar surface area (TPSA) is 102 Å². The van der Waals surface area contributed by atoms with Gasteiger partial charge in [0.25, 0.3) is 0 Å². The molecule has 0 aliphatic heterocycles. The Labute approximate surface area is 123 Å². The summed E-state index contributed by atoms with van der Waals surface area (Å²) in [5, 5.41) is 7.27. The molecule has 0 saturated carbocycles. The van der Waals surface area contributed by atoms with E-state index < -0.39 is 27.3 Å². The molecule has 2 N–H and O–H groups in total. The fourth-order valence-electron chi connectivity index (χ4n) is 1.67. The lowest BCUT2D eigenvalue weighted by Gasteiger charge is -2.18. The molecule has 0 aliphatic carbocycles. The molecule has 0 spiro atoms. The Kier molecular flexibility index (Phi) is 5.56. The van der Waals surface area contributed by atoms with Crippen LogP contribution in [0.5, 0.6) is 11.5 Å². The van der Waals surface area contributed by atoms with Crippen molar-refractivity contribution in [3.63, 3.8) is 0 Å². The van der Waals surface area contributed by atoms with Crippen LogP contribution in [0.15, 0.2) is 18.2 Å². The van der Waals surface area contributed by atoms with Crippen molar-refractivity contribution in [2.45, 2.75) is 25.1 Å². The molecule has 21 heavy (non-hydrogen) atoms. The second kappa shape index (κ2) is 6.77. The minimum atomic E-state index is -3.96. The van der Waals surface area contributed by atoms with Crippen molar-refractivity contribution in [3.8, 4) is 11.5 Å². The predicted molar refractivity (Wildman–Crippen MR) is 77.1 cm³/mol. The molecule has 0 radical (unpaired) electrons. The maximum Gasteiger partial charge on any atom is 0.323 e. The van der Waals surface area contributed by atoms with Gasteiger partial charge < -0.3 is 14.6 Å². The van der Waals surface area contributed by atoms with Crippen molar-refractivity contribution in [1.29, 1.82) is 0 Å². The van der Waals surface area contributed by atoms with Crippen molar-refractivity contribution in [2.75, 3.05) is 14.2 Å². The first-order chi connectivity index (χ1) is 9.72. The van der Waals surface area contributed by atoms with Gasteiger partial charge in [0, 0.05) is 6.04 Å². The van der Waals surface area contributed by atoms with E-state index in [1.807, 2.05) is 0 Å². The fourth-order valence-corrected chi connectivity index (χ4v) is 2.77. The zero-order chi connectivity index (χ0) is 16.2. The first-order valence-electron chi connectivity index (χ1n) is 6.18. The molecule has 0 heterocycles. The number of ether oxygens (including phenoxy) is 2. The molecule has 0 aliphatic rings. The van der Waals surface area contributed by atoms with E-state index in [2.05, 4.69) is 4.72 Å². The van der Waals surface area contributed by atoms with Crippen molar-refractivity contribution < 1.29 is 27.8 Å². The monoisotopic (exact) mass is 317 g/mol. The number of carboxylic acid groups (broad SMARTS) is 1. The van der Waals surface area contributed by atoms with Crippen molar-refractivity contribution in [1.82, 2.24) is 4.72 Å². The molecule has 0 amide bonds. The summed E-state index contributed by atoms with van der Waals surface area (Å²) in [6, 6.07) is 4.37. The first-order valence-corrected chi connectivity index (χ1v) is 7.73. The molecule has 1 aromatic carbocycles. The molecule has 1 aromatic rings. The van der Waals surface area contributed by atoms with Crippen LogP contribution >= 0.6 is 0 Å². The maximum absolute atomic E-state index is 11.9. The average molecular weight is 317 g/mol. The van der Waals surface area contributed by atoms with Gasteiger partial charge in [0.15, 0.2) is 16.7 Å². The van der Waals surface area contributed by atoms with Crippen LogP contribution in [0.3, 0.4) is 0 Å². The number of hydrogen-bond donors (Lipinski definition) is 2. The zero-order valence-corrected chi connectivity index (χ0v) is 13.1. The molecule has 1 rings (SSSR count). The molecule has 118 valence electrons. The van der Waals surface area contributed by atoms with Gasteiger partial charge in [-0.05, 0) is 31.5 Å². The highest BCUT2D eigenvalue weighted by molar-refractivity contribution is 7.90. The summed E-state index contributed by atoms with van der Waals surface area (Å²) < 4.78 is 36.4. The Morgan fingerprint density at radius 3 is 2.24 bits per heavy atom. The number of aliphatic carboxylic acids is 1. The summed E-state index contributed by atoms with van der Waals surface area (Å²) in [5.41, 5.74) is 0.633. The number of carboxylic acids is 1. The van der Waals surface area contributed by atoms with Gasteiger partial charge in [-0.15, -0.1) is 0 Å². The van der Waals surface area contributed by atoms with Crippen LogP contribution in [0, 0.1) is 0 Å². The molecular formula is C13H19NO6S. The summed E-state index contributed by atoms with van der Waals surface area (Å²) in [6.45, 7) is 2.74. The quantitative estimate of drug-likeness (QED) is 0.782. The molecule has 0 saturated heterocycles. The number of sulfonamides is 1. The van der Waals surface area contributed by atoms with Gasteiger partial charge in [0.2, 0.25) is 10.0 Å². The third-order valence-corrected chi connectivity index (χ3v) is 4.88. The lowest BCUT2D eigenvalue weighted by Crippen LogP contribution is -2.38. The zero-order valence-electron chi connectivity index (χ0n) is 12.3. The van der Waals surface area contributed by atoms with E-state index in [0.29, 0.717) is 17.1 Å². The summed E-state index contributed by atoms with van der Waals surface area (Å²) in [7, 11) is -0.990. The second-order valence-corrected chi connectivity index (χ2v) is 6.51. The number of carbonyl (C=O) groups is 1. The molecule has 0 aromatic heterocycles. The van der Waals surface area contributed by atoms with E-state index in [-0.39, 0.29) is 0 Å². The minimum absolute atomic E-state index is 0.465. The average Bonchev–Trinajstić information content (AvgIpc) is 2.44. The van der Waals surface area contributed by atoms with Gasteiger partial charge >= 0.3 is 5.97 Å². The van der Waals surface area contributed by atoms with Crippen LogP contribution < -0.4 is 14.2 Å². The summed E-state index contributed by atoms with van der Waals surface area (Å²) in [5.74, 6) is -0.412. The van der Waals surface area contributed by atoms with Crippen LogP contribution in [-0.2, 0) is 14.8 Å². The van der Waals surface area contributed by atoms with Gasteiger partial charge in [0.1, 0.15) is 0 Å². The summed E-state index contributed by atoms with van der Waals surface area (Å²) in [6.07, 6.45) is 0. The standard InChI is InChI=1S/C13H19NO6S/c1-8(14-21(17,18)9(2)13(15)16)10-5-6-11(19-3)12(7-10)20-4/h5-9,14H,1-4H3,(H,15,16). The summed E-state index contributed by atoms with van der Waals surface area (Å²) in [4.78, 5) is 10.8. The molecule has 2 unspecified atom stereocenters. The molecule has 0 bridgehead atoms. The highest BCUT2D eigenvalue weighted by atomic mass is 32.2. The largest absolute Gasteiger partial charge is 0.493 e. The van der Waals surface area contributed by atoms with Crippen molar-refractivity contribution in [3.05, 3.63) is 23.8 Å². The Morgan fingerprint density at radius 1 is 1.19 bits per heavy atom. The normalized spacial score (nSPS) is 14.3. The highest BCUT2D eigenvalue weighted by Crippen LogP contribution is 2.30. The van der Waals surface area contributed by atoms with Crippen LogP contribution in [-0.4, -0.2) is 39.0 Å². The number of benzene rings is 1. The van der Waals surface area contributed by atoms with Gasteiger partial charge in [-0.3, -0.25) is 4.79 Å². The second-order valence-electron chi connectivity index (χ2n) is 4.48. The molecule has 0 fully saturated rings. The Morgan fingerprint density at radius 2 is 1.76 bits per heavy atom.